The van der Waals surface area contributed by atoms with Gasteiger partial charge in [-0.05, 0) is 38.2 Å². The van der Waals surface area contributed by atoms with Crippen LogP contribution in [-0.2, 0) is 11.3 Å². The summed E-state index contributed by atoms with van der Waals surface area (Å²) in [6.45, 7) is 9.40. The summed E-state index contributed by atoms with van der Waals surface area (Å²) in [6.07, 6.45) is 0. The zero-order chi connectivity index (χ0) is 17.0. The summed E-state index contributed by atoms with van der Waals surface area (Å²) in [5, 5.41) is 1.10. The molecule has 1 aromatic rings. The molecule has 0 aromatic heterocycles. The number of likely N-dealkylation sites (N-methyl/N-ethyl adjacent to an activating group) is 2. The minimum absolute atomic E-state index is 0.155. The molecule has 0 aliphatic carbocycles. The molecule has 1 amide bonds. The first-order valence-electron chi connectivity index (χ1n) is 8.07. The molecule has 0 radical (unpaired) electrons. The summed E-state index contributed by atoms with van der Waals surface area (Å²) in [5.41, 5.74) is 1.05. The predicted octanol–water partition coefficient (Wildman–Crippen LogP) is 2.98. The lowest BCUT2D eigenvalue weighted by Gasteiger charge is -2.37. The quantitative estimate of drug-likeness (QED) is 0.810. The fraction of sp³-hybridized carbons (Fsp3) is 0.588. The van der Waals surface area contributed by atoms with Crippen LogP contribution in [0.2, 0.25) is 10.0 Å². The number of piperazine rings is 1. The second-order valence-corrected chi connectivity index (χ2v) is 6.91. The number of hydrogen-bond acceptors (Lipinski definition) is 3. The Balaban J connectivity index is 1.92. The van der Waals surface area contributed by atoms with Gasteiger partial charge in [-0.25, -0.2) is 0 Å². The largest absolute Gasteiger partial charge is 0.339 e. The first kappa shape index (κ1) is 18.5. The second kappa shape index (κ2) is 8.34. The third-order valence-corrected chi connectivity index (χ3v) is 5.30. The zero-order valence-electron chi connectivity index (χ0n) is 14.1. The molecular formula is C17H25Cl2N3O. The molecule has 1 aliphatic heterocycles. The van der Waals surface area contributed by atoms with Gasteiger partial charge in [-0.15, -0.1) is 0 Å². The maximum Gasteiger partial charge on any atom is 0.239 e. The molecule has 23 heavy (non-hydrogen) atoms. The summed E-state index contributed by atoms with van der Waals surface area (Å²) in [6, 6.07) is 5.45. The average Bonchev–Trinajstić information content (AvgIpc) is 2.57. The lowest BCUT2D eigenvalue weighted by atomic mass is 10.1. The van der Waals surface area contributed by atoms with Gasteiger partial charge in [0.2, 0.25) is 5.91 Å². The first-order valence-corrected chi connectivity index (χ1v) is 8.83. The molecule has 1 saturated heterocycles. The molecule has 0 bridgehead atoms. The van der Waals surface area contributed by atoms with Crippen LogP contribution in [0.25, 0.3) is 0 Å². The number of benzene rings is 1. The summed E-state index contributed by atoms with van der Waals surface area (Å²) in [7, 11) is 1.97. The molecule has 1 aromatic carbocycles. The van der Waals surface area contributed by atoms with Gasteiger partial charge in [0.1, 0.15) is 0 Å². The average molecular weight is 358 g/mol. The van der Waals surface area contributed by atoms with Crippen molar-refractivity contribution in [2.75, 3.05) is 39.8 Å². The number of amides is 1. The number of carbonyl (C=O) groups is 1. The van der Waals surface area contributed by atoms with Crippen LogP contribution in [0.1, 0.15) is 19.4 Å². The van der Waals surface area contributed by atoms with Crippen LogP contribution in [0, 0.1) is 0 Å². The SMILES string of the molecule is CCN1CCN(C(=O)[C@@H](C)N(C)Cc2ccc(Cl)c(Cl)c2)CC1. The van der Waals surface area contributed by atoms with Crippen LogP contribution in [0.15, 0.2) is 18.2 Å². The van der Waals surface area contributed by atoms with Crippen LogP contribution in [0.5, 0.6) is 0 Å². The minimum atomic E-state index is -0.155. The number of halogens is 2. The number of rotatable bonds is 5. The normalized spacial score (nSPS) is 17.6. The van der Waals surface area contributed by atoms with E-state index in [1.54, 1.807) is 6.07 Å². The van der Waals surface area contributed by atoms with E-state index in [4.69, 9.17) is 23.2 Å². The monoisotopic (exact) mass is 357 g/mol. The minimum Gasteiger partial charge on any atom is -0.339 e. The molecule has 0 saturated carbocycles. The van der Waals surface area contributed by atoms with Crippen molar-refractivity contribution in [3.05, 3.63) is 33.8 Å². The molecule has 1 aliphatic rings. The van der Waals surface area contributed by atoms with E-state index >= 15 is 0 Å². The third kappa shape index (κ3) is 4.83. The highest BCUT2D eigenvalue weighted by Gasteiger charge is 2.26. The summed E-state index contributed by atoms with van der Waals surface area (Å²) in [4.78, 5) is 19.1. The highest BCUT2D eigenvalue weighted by molar-refractivity contribution is 6.42. The van der Waals surface area contributed by atoms with Gasteiger partial charge >= 0.3 is 0 Å². The number of carbonyl (C=O) groups excluding carboxylic acids is 1. The molecule has 1 heterocycles. The Labute approximate surface area is 148 Å². The zero-order valence-corrected chi connectivity index (χ0v) is 15.6. The van der Waals surface area contributed by atoms with E-state index in [-0.39, 0.29) is 11.9 Å². The van der Waals surface area contributed by atoms with E-state index in [1.165, 1.54) is 0 Å². The van der Waals surface area contributed by atoms with Crippen molar-refractivity contribution in [3.63, 3.8) is 0 Å². The Hall–Kier alpha value is -0.810. The van der Waals surface area contributed by atoms with Crippen molar-refractivity contribution >= 4 is 29.1 Å². The van der Waals surface area contributed by atoms with Gasteiger partial charge < -0.3 is 9.80 Å². The smallest absolute Gasteiger partial charge is 0.239 e. The number of nitrogens with zero attached hydrogens (tertiary/aromatic N) is 3. The maximum atomic E-state index is 12.7. The first-order chi connectivity index (χ1) is 10.9. The second-order valence-electron chi connectivity index (χ2n) is 6.10. The van der Waals surface area contributed by atoms with Gasteiger partial charge in [0.25, 0.3) is 0 Å². The Morgan fingerprint density at radius 2 is 1.87 bits per heavy atom. The molecule has 2 rings (SSSR count). The van der Waals surface area contributed by atoms with Gasteiger partial charge in [0.15, 0.2) is 0 Å². The molecule has 128 valence electrons. The lowest BCUT2D eigenvalue weighted by Crippen LogP contribution is -2.53. The van der Waals surface area contributed by atoms with E-state index in [1.807, 2.05) is 35.9 Å². The van der Waals surface area contributed by atoms with Crippen molar-refractivity contribution in [2.45, 2.75) is 26.4 Å². The number of hydrogen-bond donors (Lipinski definition) is 0. The van der Waals surface area contributed by atoms with Crippen LogP contribution in [0.4, 0.5) is 0 Å². The molecule has 6 heteroatoms. The summed E-state index contributed by atoms with van der Waals surface area (Å²) >= 11 is 12.0. The Kier molecular flexibility index (Phi) is 6.72. The highest BCUT2D eigenvalue weighted by Crippen LogP contribution is 2.23. The third-order valence-electron chi connectivity index (χ3n) is 4.57. The van der Waals surface area contributed by atoms with Crippen molar-refractivity contribution < 1.29 is 4.79 Å². The van der Waals surface area contributed by atoms with E-state index < -0.39 is 0 Å². The molecular weight excluding hydrogens is 333 g/mol. The topological polar surface area (TPSA) is 26.8 Å². The van der Waals surface area contributed by atoms with Gasteiger partial charge in [-0.1, -0.05) is 36.2 Å². The van der Waals surface area contributed by atoms with Gasteiger partial charge in [-0.2, -0.15) is 0 Å². The van der Waals surface area contributed by atoms with Crippen molar-refractivity contribution in [3.8, 4) is 0 Å². The molecule has 0 N–H and O–H groups in total. The van der Waals surface area contributed by atoms with E-state index in [9.17, 15) is 4.79 Å². The van der Waals surface area contributed by atoms with Crippen LogP contribution < -0.4 is 0 Å². The Morgan fingerprint density at radius 3 is 2.43 bits per heavy atom. The highest BCUT2D eigenvalue weighted by atomic mass is 35.5. The van der Waals surface area contributed by atoms with Gasteiger partial charge in [-0.3, -0.25) is 9.69 Å². The van der Waals surface area contributed by atoms with Gasteiger partial charge in [0.05, 0.1) is 16.1 Å². The maximum absolute atomic E-state index is 12.7. The fourth-order valence-corrected chi connectivity index (χ4v) is 3.12. The van der Waals surface area contributed by atoms with E-state index in [0.717, 1.165) is 38.3 Å². The molecule has 0 unspecified atom stereocenters. The van der Waals surface area contributed by atoms with Crippen LogP contribution in [-0.4, -0.2) is 66.4 Å². The van der Waals surface area contributed by atoms with Crippen LogP contribution in [0.3, 0.4) is 0 Å². The molecule has 4 nitrogen and oxygen atoms in total. The summed E-state index contributed by atoms with van der Waals surface area (Å²) in [5.74, 6) is 0.198. The molecule has 1 fully saturated rings. The standard InChI is InChI=1S/C17H25Cl2N3O/c1-4-21-7-9-22(10-8-21)17(23)13(2)20(3)12-14-5-6-15(18)16(19)11-14/h5-6,11,13H,4,7-10,12H2,1-3H3/t13-/m1/s1. The van der Waals surface area contributed by atoms with Crippen molar-refractivity contribution in [2.24, 2.45) is 0 Å². The predicted molar refractivity (Wildman–Crippen MR) is 96.1 cm³/mol. The molecule has 1 atom stereocenters. The molecule has 0 spiro atoms. The van der Waals surface area contributed by atoms with Crippen LogP contribution >= 0.6 is 23.2 Å². The Morgan fingerprint density at radius 1 is 1.22 bits per heavy atom. The van der Waals surface area contributed by atoms with Crippen molar-refractivity contribution in [1.82, 2.24) is 14.7 Å². The Bertz CT molecular complexity index is 545. The van der Waals surface area contributed by atoms with E-state index in [0.29, 0.717) is 16.6 Å². The van der Waals surface area contributed by atoms with E-state index in [2.05, 4.69) is 11.8 Å². The van der Waals surface area contributed by atoms with Gasteiger partial charge in [0, 0.05) is 32.7 Å². The van der Waals surface area contributed by atoms with Crippen molar-refractivity contribution in [1.29, 1.82) is 0 Å². The fourth-order valence-electron chi connectivity index (χ4n) is 2.80. The summed E-state index contributed by atoms with van der Waals surface area (Å²) < 4.78 is 0. The lowest BCUT2D eigenvalue weighted by molar-refractivity contribution is -0.137.